The van der Waals surface area contributed by atoms with Gasteiger partial charge in [0.2, 0.25) is 0 Å². The van der Waals surface area contributed by atoms with E-state index in [-0.39, 0.29) is 37.2 Å². The third kappa shape index (κ3) is 59.7. The van der Waals surface area contributed by atoms with Crippen molar-refractivity contribution in [1.29, 1.82) is 0 Å². The average Bonchev–Trinajstić information content (AvgIpc) is 1.00. The molecule has 5 heteroatoms. The lowest BCUT2D eigenvalue weighted by molar-refractivity contribution is 0.311. The Labute approximate surface area is 48.9 Å². The third-order valence-corrected chi connectivity index (χ3v) is 0. The summed E-state index contributed by atoms with van der Waals surface area (Å²) >= 11 is 0. The smallest absolute Gasteiger partial charge is 0.147 e. The van der Waals surface area contributed by atoms with Crippen molar-refractivity contribution in [2.75, 3.05) is 0 Å². The molecule has 0 aliphatic rings. The Morgan fingerprint density at radius 3 is 0.800 bits per heavy atom. The summed E-state index contributed by atoms with van der Waals surface area (Å²) in [5, 5.41) is 6.50. The normalized spacial score (nSPS) is 1.20. The van der Waals surface area contributed by atoms with Crippen LogP contribution in [0, 0.1) is 0 Å². The Kier molecular flexibility index (Phi) is 914. The highest BCUT2D eigenvalue weighted by molar-refractivity contribution is 5.86. The topological polar surface area (TPSA) is 46.2 Å². The highest BCUT2D eigenvalue weighted by Crippen LogP contribution is 0.692. The number of halogens is 3. The Balaban J connectivity index is -0.00000000167. The summed E-state index contributed by atoms with van der Waals surface area (Å²) in [7, 11) is 0. The number of hydrogen-bond acceptors (Lipinski definition) is 2. The lowest BCUT2D eigenvalue weighted by atomic mass is 13.6. The Hall–Kier alpha value is 0.790. The van der Waals surface area contributed by atoms with Crippen molar-refractivity contribution < 1.29 is 5.21 Å². The van der Waals surface area contributed by atoms with Gasteiger partial charge in [-0.25, -0.2) is 5.90 Å². The molecule has 0 unspecified atom stereocenters. The summed E-state index contributed by atoms with van der Waals surface area (Å²) in [6, 6.07) is 0. The summed E-state index contributed by atoms with van der Waals surface area (Å²) in [5.41, 5.74) is 0. The van der Waals surface area contributed by atoms with E-state index in [1.54, 1.807) is 0 Å². The minimum atomic E-state index is 0. The number of nitrogens with two attached hydrogens (primary N) is 1. The molecule has 0 bridgehead atoms. The molecule has 0 aromatic carbocycles. The van der Waals surface area contributed by atoms with Crippen molar-refractivity contribution in [3.05, 3.63) is 0 Å². The van der Waals surface area contributed by atoms with Gasteiger partial charge in [0.25, 0.3) is 0 Å². The molecular weight excluding hydrogens is 136 g/mol. The Bertz CT molecular complexity index is 6.85. The minimum absolute atomic E-state index is 0. The predicted molar refractivity (Wildman–Crippen MR) is 27.7 cm³/mol. The van der Waals surface area contributed by atoms with Gasteiger partial charge in [-0.15, -0.1) is 37.2 Å². The molecule has 0 spiro atoms. The first-order valence-electron chi connectivity index (χ1n) is 0.258. The zero-order chi connectivity index (χ0) is 2.00. The van der Waals surface area contributed by atoms with Crippen LogP contribution in [0.15, 0.2) is 0 Å². The van der Waals surface area contributed by atoms with Crippen molar-refractivity contribution >= 4 is 37.2 Å². The van der Waals surface area contributed by atoms with Gasteiger partial charge in [0.1, 0.15) is 0 Å². The summed E-state index contributed by atoms with van der Waals surface area (Å²) in [6.07, 6.45) is 0. The first kappa shape index (κ1) is 41.5. The maximum Gasteiger partial charge on any atom is -0.147 e. The van der Waals surface area contributed by atoms with Crippen molar-refractivity contribution in [3.8, 4) is 0 Å². The van der Waals surface area contributed by atoms with Gasteiger partial charge in [-0.3, -0.25) is 0 Å². The second-order valence-corrected chi connectivity index (χ2v) is 0. The lowest BCUT2D eigenvalue weighted by Crippen LogP contribution is -1.72. The molecule has 0 atom stereocenters. The van der Waals surface area contributed by atoms with Gasteiger partial charge in [0, 0.05) is 0 Å². The SMILES string of the molecule is Cl.Cl.Cl.NO. The molecule has 0 radical (unpaired) electrons. The minimum Gasteiger partial charge on any atom is -0.320 e. The van der Waals surface area contributed by atoms with Gasteiger partial charge in [0.15, 0.2) is 0 Å². The summed E-state index contributed by atoms with van der Waals surface area (Å²) in [5.74, 6) is 3.50. The van der Waals surface area contributed by atoms with E-state index in [2.05, 4.69) is 5.90 Å². The zero-order valence-electron chi connectivity index (χ0n) is 2.25. The van der Waals surface area contributed by atoms with E-state index in [1.165, 1.54) is 0 Å². The number of rotatable bonds is 0. The van der Waals surface area contributed by atoms with E-state index < -0.39 is 0 Å². The van der Waals surface area contributed by atoms with Gasteiger partial charge in [-0.2, -0.15) is 0 Å². The molecular formula is H6Cl3NO. The second-order valence-electron chi connectivity index (χ2n) is 0. The average molecular weight is 142 g/mol. The van der Waals surface area contributed by atoms with Crippen LogP contribution >= 0.6 is 37.2 Å². The molecule has 0 saturated carbocycles. The Morgan fingerprint density at radius 1 is 0.800 bits per heavy atom. The molecule has 0 heterocycles. The predicted octanol–water partition coefficient (Wildman–Crippen LogP) is 0.600. The maximum absolute atomic E-state index is 6.50. The highest BCUT2D eigenvalue weighted by atomic mass is 35.5. The first-order valence-corrected chi connectivity index (χ1v) is 0.258. The molecule has 38 valence electrons. The summed E-state index contributed by atoms with van der Waals surface area (Å²) < 4.78 is 0. The molecule has 0 aliphatic heterocycles. The van der Waals surface area contributed by atoms with Gasteiger partial charge in [-0.05, 0) is 0 Å². The van der Waals surface area contributed by atoms with Crippen LogP contribution in [0.4, 0.5) is 0 Å². The van der Waals surface area contributed by atoms with Crippen LogP contribution in [0.25, 0.3) is 0 Å². The molecule has 5 heavy (non-hydrogen) atoms. The molecule has 0 aliphatic carbocycles. The van der Waals surface area contributed by atoms with Crippen LogP contribution in [0.3, 0.4) is 0 Å². The molecule has 0 aromatic heterocycles. The Morgan fingerprint density at radius 2 is 0.800 bits per heavy atom. The number of hydrogen-bond donors (Lipinski definition) is 2. The molecule has 3 N–H and O–H groups in total. The van der Waals surface area contributed by atoms with Crippen molar-refractivity contribution in [2.24, 2.45) is 5.90 Å². The van der Waals surface area contributed by atoms with E-state index in [4.69, 9.17) is 5.21 Å². The molecule has 0 fully saturated rings. The summed E-state index contributed by atoms with van der Waals surface area (Å²) in [4.78, 5) is 0. The van der Waals surface area contributed by atoms with Crippen molar-refractivity contribution in [2.45, 2.75) is 0 Å². The standard InChI is InChI=1S/3ClH.H3NO/c;;;1-2/h3*1H;2H,1H2. The van der Waals surface area contributed by atoms with Crippen LogP contribution in [0.2, 0.25) is 0 Å². The van der Waals surface area contributed by atoms with E-state index in [1.807, 2.05) is 0 Å². The van der Waals surface area contributed by atoms with E-state index in [9.17, 15) is 0 Å². The molecule has 2 nitrogen and oxygen atoms in total. The fourth-order valence-electron chi connectivity index (χ4n) is 0. The van der Waals surface area contributed by atoms with Crippen LogP contribution in [-0.4, -0.2) is 5.21 Å². The molecule has 0 aromatic rings. The van der Waals surface area contributed by atoms with E-state index >= 15 is 0 Å². The quantitative estimate of drug-likeness (QED) is 0.487. The van der Waals surface area contributed by atoms with Crippen LogP contribution in [0.1, 0.15) is 0 Å². The van der Waals surface area contributed by atoms with E-state index in [0.717, 1.165) is 0 Å². The molecule has 0 amide bonds. The van der Waals surface area contributed by atoms with Gasteiger partial charge < -0.3 is 5.21 Å². The van der Waals surface area contributed by atoms with Crippen LogP contribution in [0.5, 0.6) is 0 Å². The van der Waals surface area contributed by atoms with Gasteiger partial charge in [-0.1, -0.05) is 0 Å². The van der Waals surface area contributed by atoms with Crippen molar-refractivity contribution in [3.63, 3.8) is 0 Å². The first-order chi connectivity index (χ1) is 1.00. The fourth-order valence-corrected chi connectivity index (χ4v) is 0. The second kappa shape index (κ2) is 110. The molecule has 0 saturated heterocycles. The van der Waals surface area contributed by atoms with Gasteiger partial charge in [0.05, 0.1) is 0 Å². The van der Waals surface area contributed by atoms with Crippen LogP contribution in [-0.2, 0) is 0 Å². The fraction of sp³-hybridized carbons (Fsp3) is 0. The van der Waals surface area contributed by atoms with E-state index in [0.29, 0.717) is 0 Å². The third-order valence-electron chi connectivity index (χ3n) is 0. The summed E-state index contributed by atoms with van der Waals surface area (Å²) in [6.45, 7) is 0. The zero-order valence-corrected chi connectivity index (χ0v) is 4.70. The largest absolute Gasteiger partial charge is 0.320 e. The lowest BCUT2D eigenvalue weighted by Gasteiger charge is -1.27. The monoisotopic (exact) mass is 141 g/mol. The highest BCUT2D eigenvalue weighted by Gasteiger charge is 0.732. The molecule has 0 rings (SSSR count). The van der Waals surface area contributed by atoms with Crippen LogP contribution < -0.4 is 5.90 Å². The van der Waals surface area contributed by atoms with Gasteiger partial charge >= 0.3 is 0 Å². The van der Waals surface area contributed by atoms with Crippen molar-refractivity contribution in [1.82, 2.24) is 0 Å². The maximum atomic E-state index is 6.50.